The van der Waals surface area contributed by atoms with Gasteiger partial charge in [0, 0.05) is 35.6 Å². The van der Waals surface area contributed by atoms with E-state index in [1.54, 1.807) is 19.9 Å². The summed E-state index contributed by atoms with van der Waals surface area (Å²) in [6.07, 6.45) is 2.23. The fraction of sp³-hybridized carbons (Fsp3) is 0.368. The van der Waals surface area contributed by atoms with Crippen LogP contribution in [0, 0.1) is 5.92 Å². The van der Waals surface area contributed by atoms with E-state index in [0.717, 1.165) is 22.2 Å². The first-order chi connectivity index (χ1) is 11.6. The van der Waals surface area contributed by atoms with Crippen LogP contribution in [0.1, 0.15) is 25.1 Å². The zero-order valence-electron chi connectivity index (χ0n) is 14.2. The normalized spacial score (nSPS) is 16.5. The van der Waals surface area contributed by atoms with Gasteiger partial charge in [-0.3, -0.25) is 4.79 Å². The summed E-state index contributed by atoms with van der Waals surface area (Å²) in [5.74, 6) is -1.46. The molecule has 0 amide bonds. The van der Waals surface area contributed by atoms with Gasteiger partial charge in [-0.2, -0.15) is 0 Å². The monoisotopic (exact) mass is 327 g/mol. The molecule has 1 heterocycles. The van der Waals surface area contributed by atoms with Crippen molar-refractivity contribution >= 4 is 28.9 Å². The molecule has 1 aromatic carbocycles. The Hall–Kier alpha value is -2.56. The van der Waals surface area contributed by atoms with Gasteiger partial charge in [0.1, 0.15) is 0 Å². The van der Waals surface area contributed by atoms with Crippen molar-refractivity contribution < 1.29 is 19.1 Å². The van der Waals surface area contributed by atoms with Crippen molar-refractivity contribution in [3.05, 3.63) is 41.1 Å². The Morgan fingerprint density at radius 1 is 1.17 bits per heavy atom. The van der Waals surface area contributed by atoms with E-state index in [-0.39, 0.29) is 19.2 Å². The lowest BCUT2D eigenvalue weighted by Gasteiger charge is -2.23. The number of hydrogen-bond donors (Lipinski definition) is 0. The van der Waals surface area contributed by atoms with E-state index < -0.39 is 11.9 Å². The van der Waals surface area contributed by atoms with Crippen molar-refractivity contribution in [1.29, 1.82) is 0 Å². The molecule has 5 nitrogen and oxygen atoms in total. The Bertz CT molecular complexity index is 831. The molecule has 0 bridgehead atoms. The molecule has 0 radical (unpaired) electrons. The summed E-state index contributed by atoms with van der Waals surface area (Å²) in [6, 6.07) is 8.01. The standard InChI is InChI=1S/C19H21NO4/c1-4-23-18(21)14-10-13-12-8-6-7-9-16(12)20(3)17(13)11-15(14)19(22)24-5-2/h6-10,15H,4-5,11H2,1-3H3. The minimum absolute atomic E-state index is 0.272. The molecule has 0 spiro atoms. The molecule has 1 unspecified atom stereocenters. The van der Waals surface area contributed by atoms with E-state index in [9.17, 15) is 9.59 Å². The Kier molecular flexibility index (Phi) is 4.42. The summed E-state index contributed by atoms with van der Waals surface area (Å²) in [5.41, 5.74) is 3.46. The Balaban J connectivity index is 2.15. The van der Waals surface area contributed by atoms with Crippen molar-refractivity contribution in [2.45, 2.75) is 20.3 Å². The third-order valence-corrected chi connectivity index (χ3v) is 4.43. The third kappa shape index (κ3) is 2.60. The lowest BCUT2D eigenvalue weighted by atomic mass is 9.86. The first kappa shape index (κ1) is 16.3. The second-order valence-electron chi connectivity index (χ2n) is 5.77. The summed E-state index contributed by atoms with van der Waals surface area (Å²) in [6.45, 7) is 4.07. The van der Waals surface area contributed by atoms with Crippen LogP contribution >= 0.6 is 0 Å². The molecular weight excluding hydrogens is 306 g/mol. The summed E-state index contributed by atoms with van der Waals surface area (Å²) in [4.78, 5) is 24.7. The van der Waals surface area contributed by atoms with Crippen molar-refractivity contribution in [2.75, 3.05) is 13.2 Å². The SMILES string of the molecule is CCOC(=O)C1=Cc2c(n(C)c3ccccc23)CC1C(=O)OCC. The Morgan fingerprint density at radius 3 is 2.58 bits per heavy atom. The lowest BCUT2D eigenvalue weighted by Crippen LogP contribution is -2.29. The van der Waals surface area contributed by atoms with Gasteiger partial charge in [0.05, 0.1) is 24.7 Å². The molecule has 24 heavy (non-hydrogen) atoms. The maximum atomic E-state index is 12.4. The van der Waals surface area contributed by atoms with Crippen LogP contribution in [0.25, 0.3) is 17.0 Å². The third-order valence-electron chi connectivity index (χ3n) is 4.43. The average molecular weight is 327 g/mol. The van der Waals surface area contributed by atoms with Crippen LogP contribution in [0.4, 0.5) is 0 Å². The van der Waals surface area contributed by atoms with Gasteiger partial charge in [-0.25, -0.2) is 4.79 Å². The first-order valence-corrected chi connectivity index (χ1v) is 8.20. The molecule has 2 aromatic rings. The van der Waals surface area contributed by atoms with Crippen LogP contribution in [-0.4, -0.2) is 29.7 Å². The Labute approximate surface area is 140 Å². The van der Waals surface area contributed by atoms with Gasteiger partial charge >= 0.3 is 11.9 Å². The number of para-hydroxylation sites is 1. The number of esters is 2. The molecule has 1 aliphatic carbocycles. The van der Waals surface area contributed by atoms with Gasteiger partial charge < -0.3 is 14.0 Å². The molecule has 0 saturated heterocycles. The van der Waals surface area contributed by atoms with Gasteiger partial charge in [0.2, 0.25) is 0 Å². The Morgan fingerprint density at radius 2 is 1.88 bits per heavy atom. The largest absolute Gasteiger partial charge is 0.466 e. The van der Waals surface area contributed by atoms with Gasteiger partial charge in [0.15, 0.2) is 0 Å². The summed E-state index contributed by atoms with van der Waals surface area (Å²) >= 11 is 0. The van der Waals surface area contributed by atoms with Crippen molar-refractivity contribution in [3.63, 3.8) is 0 Å². The smallest absolute Gasteiger partial charge is 0.334 e. The summed E-state index contributed by atoms with van der Waals surface area (Å²) < 4.78 is 12.4. The molecule has 0 fully saturated rings. The second-order valence-corrected chi connectivity index (χ2v) is 5.77. The molecule has 0 N–H and O–H groups in total. The van der Waals surface area contributed by atoms with Crippen LogP contribution in [0.2, 0.25) is 0 Å². The zero-order valence-corrected chi connectivity index (χ0v) is 14.2. The summed E-state index contributed by atoms with van der Waals surface area (Å²) in [5, 5.41) is 1.07. The quantitative estimate of drug-likeness (QED) is 0.810. The van der Waals surface area contributed by atoms with E-state index in [1.165, 1.54) is 0 Å². The van der Waals surface area contributed by atoms with Crippen LogP contribution in [0.15, 0.2) is 29.8 Å². The minimum Gasteiger partial charge on any atom is -0.466 e. The number of fused-ring (bicyclic) bond motifs is 3. The van der Waals surface area contributed by atoms with Gasteiger partial charge in [-0.15, -0.1) is 0 Å². The van der Waals surface area contributed by atoms with E-state index in [1.807, 2.05) is 31.3 Å². The number of carbonyl (C=O) groups is 2. The molecule has 126 valence electrons. The maximum absolute atomic E-state index is 12.4. The van der Waals surface area contributed by atoms with Gasteiger partial charge in [-0.05, 0) is 26.0 Å². The average Bonchev–Trinajstić information content (AvgIpc) is 2.87. The highest BCUT2D eigenvalue weighted by atomic mass is 16.5. The van der Waals surface area contributed by atoms with Crippen molar-refractivity contribution in [3.8, 4) is 0 Å². The number of aromatic nitrogens is 1. The van der Waals surface area contributed by atoms with E-state index in [4.69, 9.17) is 9.47 Å². The number of hydrogen-bond acceptors (Lipinski definition) is 4. The lowest BCUT2D eigenvalue weighted by molar-refractivity contribution is -0.150. The highest BCUT2D eigenvalue weighted by molar-refractivity contribution is 6.04. The molecule has 0 aliphatic heterocycles. The first-order valence-electron chi connectivity index (χ1n) is 8.20. The highest BCUT2D eigenvalue weighted by Crippen LogP contribution is 2.36. The van der Waals surface area contributed by atoms with Crippen LogP contribution in [0.5, 0.6) is 0 Å². The van der Waals surface area contributed by atoms with E-state index in [2.05, 4.69) is 4.57 Å². The van der Waals surface area contributed by atoms with Gasteiger partial charge in [0.25, 0.3) is 0 Å². The minimum atomic E-state index is -0.625. The second kappa shape index (κ2) is 6.51. The number of nitrogens with zero attached hydrogens (tertiary/aromatic N) is 1. The fourth-order valence-electron chi connectivity index (χ4n) is 3.31. The number of aryl methyl sites for hydroxylation is 1. The molecular formula is C19H21NO4. The van der Waals surface area contributed by atoms with Crippen LogP contribution in [-0.2, 0) is 32.5 Å². The predicted molar refractivity (Wildman–Crippen MR) is 91.4 cm³/mol. The van der Waals surface area contributed by atoms with E-state index in [0.29, 0.717) is 12.0 Å². The highest BCUT2D eigenvalue weighted by Gasteiger charge is 2.35. The number of rotatable bonds is 4. The zero-order chi connectivity index (χ0) is 17.3. The topological polar surface area (TPSA) is 57.5 Å². The fourth-order valence-corrected chi connectivity index (χ4v) is 3.31. The maximum Gasteiger partial charge on any atom is 0.334 e. The summed E-state index contributed by atoms with van der Waals surface area (Å²) in [7, 11) is 1.98. The number of carbonyl (C=O) groups excluding carboxylic acids is 2. The molecule has 5 heteroatoms. The van der Waals surface area contributed by atoms with Crippen molar-refractivity contribution in [1.82, 2.24) is 4.57 Å². The van der Waals surface area contributed by atoms with Crippen molar-refractivity contribution in [2.24, 2.45) is 13.0 Å². The number of benzene rings is 1. The van der Waals surface area contributed by atoms with Gasteiger partial charge in [-0.1, -0.05) is 18.2 Å². The van der Waals surface area contributed by atoms with E-state index >= 15 is 0 Å². The number of ether oxygens (including phenoxy) is 2. The molecule has 1 atom stereocenters. The van der Waals surface area contributed by atoms with Crippen LogP contribution in [0.3, 0.4) is 0 Å². The molecule has 1 aromatic heterocycles. The van der Waals surface area contributed by atoms with Crippen LogP contribution < -0.4 is 0 Å². The molecule has 1 aliphatic rings. The molecule has 3 rings (SSSR count). The predicted octanol–water partition coefficient (Wildman–Crippen LogP) is 2.86. The molecule has 0 saturated carbocycles.